The molecule has 234 valence electrons. The summed E-state index contributed by atoms with van der Waals surface area (Å²) in [5.74, 6) is 3.66. The van der Waals surface area contributed by atoms with E-state index >= 15 is 0 Å². The lowest BCUT2D eigenvalue weighted by Crippen LogP contribution is -2.09. The molecule has 3 N–H and O–H groups in total. The van der Waals surface area contributed by atoms with E-state index in [9.17, 15) is 0 Å². The van der Waals surface area contributed by atoms with Gasteiger partial charge >= 0.3 is 0 Å². The standard InChI is InChI=1S/C26H32BrN5O.C5H12.2C2H6/c1-4-5-7-23-31-24-25(32(23)13-6-12-28)20-15-19(27)10-11-21(20)30-26(24)29-16-18-9-8-17(2)14-22(18)33-3;1-4-5(2)3;2*1-2/h8-11,14-15H,4-7,12-13,16,28H2,1-3H3,(H,29,30);5H,4H2,1-3H3;2*1-2H3. The Bertz CT molecular complexity index is 1330. The molecule has 2 aromatic heterocycles. The minimum absolute atomic E-state index is 0.605. The molecule has 7 heteroatoms. The molecule has 42 heavy (non-hydrogen) atoms. The van der Waals surface area contributed by atoms with Gasteiger partial charge in [-0.1, -0.05) is 96.3 Å². The number of fused-ring (bicyclic) bond motifs is 3. The Morgan fingerprint density at radius 3 is 2.29 bits per heavy atom. The minimum atomic E-state index is 0.605. The third-order valence-corrected chi connectivity index (χ3v) is 7.26. The molecule has 0 aliphatic carbocycles. The van der Waals surface area contributed by atoms with Gasteiger partial charge in [0, 0.05) is 34.9 Å². The van der Waals surface area contributed by atoms with E-state index in [2.05, 4.69) is 90.8 Å². The third-order valence-electron chi connectivity index (χ3n) is 6.76. The van der Waals surface area contributed by atoms with E-state index < -0.39 is 0 Å². The van der Waals surface area contributed by atoms with Gasteiger partial charge in [-0.15, -0.1) is 0 Å². The van der Waals surface area contributed by atoms with Crippen LogP contribution in [0.2, 0.25) is 0 Å². The van der Waals surface area contributed by atoms with Crippen molar-refractivity contribution in [2.24, 2.45) is 11.7 Å². The van der Waals surface area contributed by atoms with E-state index in [1.54, 1.807) is 7.11 Å². The second kappa shape index (κ2) is 20.3. The maximum absolute atomic E-state index is 5.88. The molecule has 0 amide bonds. The lowest BCUT2D eigenvalue weighted by Gasteiger charge is -2.13. The number of hydrogen-bond acceptors (Lipinski definition) is 5. The van der Waals surface area contributed by atoms with Gasteiger partial charge in [0.05, 0.1) is 18.1 Å². The second-order valence-corrected chi connectivity index (χ2v) is 11.1. The lowest BCUT2D eigenvalue weighted by molar-refractivity contribution is 0.410. The first kappa shape index (κ1) is 37.4. The first-order valence-corrected chi connectivity index (χ1v) is 16.7. The minimum Gasteiger partial charge on any atom is -0.496 e. The number of anilines is 1. The van der Waals surface area contributed by atoms with Crippen LogP contribution in [0, 0.1) is 12.8 Å². The number of aryl methyl sites for hydroxylation is 3. The van der Waals surface area contributed by atoms with Crippen LogP contribution in [0.15, 0.2) is 40.9 Å². The molecular weight excluding hydrogens is 586 g/mol. The summed E-state index contributed by atoms with van der Waals surface area (Å²) in [6.07, 6.45) is 5.38. The van der Waals surface area contributed by atoms with E-state index in [0.717, 1.165) is 87.5 Å². The summed E-state index contributed by atoms with van der Waals surface area (Å²) in [7, 11) is 1.71. The monoisotopic (exact) mass is 641 g/mol. The van der Waals surface area contributed by atoms with Crippen LogP contribution < -0.4 is 15.8 Å². The van der Waals surface area contributed by atoms with Gasteiger partial charge in [0.2, 0.25) is 0 Å². The summed E-state index contributed by atoms with van der Waals surface area (Å²) in [5, 5.41) is 4.66. The molecular formula is C35H56BrN5O. The van der Waals surface area contributed by atoms with Crippen molar-refractivity contribution in [2.45, 2.75) is 108 Å². The number of rotatable bonds is 11. The van der Waals surface area contributed by atoms with Crippen molar-refractivity contribution in [3.63, 3.8) is 0 Å². The average Bonchev–Trinajstić information content (AvgIpc) is 3.39. The number of nitrogens with two attached hydrogens (primary N) is 1. The van der Waals surface area contributed by atoms with Crippen LogP contribution >= 0.6 is 15.9 Å². The fourth-order valence-corrected chi connectivity index (χ4v) is 4.58. The number of halogens is 1. The predicted octanol–water partition coefficient (Wildman–Crippen LogP) is 10.1. The Kier molecular flexibility index (Phi) is 18.1. The Labute approximate surface area is 264 Å². The van der Waals surface area contributed by atoms with Gasteiger partial charge in [-0.25, -0.2) is 9.97 Å². The van der Waals surface area contributed by atoms with Crippen molar-refractivity contribution < 1.29 is 4.74 Å². The SMILES string of the molecule is CC.CC.CCC(C)C.CCCCc1nc2c(NCc3ccc(C)cc3OC)nc3ccc(Br)cc3c2n1CCCN. The largest absolute Gasteiger partial charge is 0.496 e. The zero-order valence-electron chi connectivity index (χ0n) is 27.9. The number of aromatic nitrogens is 3. The maximum Gasteiger partial charge on any atom is 0.155 e. The number of methoxy groups -OCH3 is 1. The molecule has 0 aliphatic heterocycles. The number of nitrogens with zero attached hydrogens (tertiary/aromatic N) is 3. The molecule has 0 atom stereocenters. The number of hydrogen-bond donors (Lipinski definition) is 2. The van der Waals surface area contributed by atoms with Crippen LogP contribution in [0.3, 0.4) is 0 Å². The fraction of sp³-hybridized carbons (Fsp3) is 0.543. The molecule has 6 nitrogen and oxygen atoms in total. The molecule has 0 saturated heterocycles. The van der Waals surface area contributed by atoms with E-state index in [-0.39, 0.29) is 0 Å². The van der Waals surface area contributed by atoms with Crippen molar-refractivity contribution in [1.29, 1.82) is 0 Å². The van der Waals surface area contributed by atoms with Gasteiger partial charge in [0.25, 0.3) is 0 Å². The summed E-state index contributed by atoms with van der Waals surface area (Å²) in [6.45, 7) is 21.0. The van der Waals surface area contributed by atoms with Crippen LogP contribution in [0.25, 0.3) is 21.9 Å². The highest BCUT2D eigenvalue weighted by molar-refractivity contribution is 9.10. The molecule has 0 fully saturated rings. The van der Waals surface area contributed by atoms with Gasteiger partial charge in [0.1, 0.15) is 17.1 Å². The quantitative estimate of drug-likeness (QED) is 0.170. The number of nitrogens with one attached hydrogen (secondary N) is 1. The number of benzene rings is 2. The zero-order chi connectivity index (χ0) is 31.7. The zero-order valence-corrected chi connectivity index (χ0v) is 29.5. The summed E-state index contributed by atoms with van der Waals surface area (Å²) in [4.78, 5) is 10.1. The van der Waals surface area contributed by atoms with Crippen molar-refractivity contribution in [2.75, 3.05) is 19.0 Å². The van der Waals surface area contributed by atoms with Gasteiger partial charge in [-0.2, -0.15) is 0 Å². The molecule has 4 aromatic rings. The van der Waals surface area contributed by atoms with Crippen LogP contribution in [0.1, 0.15) is 98.0 Å². The van der Waals surface area contributed by atoms with E-state index in [1.165, 1.54) is 12.0 Å². The van der Waals surface area contributed by atoms with Crippen molar-refractivity contribution in [3.05, 3.63) is 57.8 Å². The molecule has 0 spiro atoms. The highest BCUT2D eigenvalue weighted by Crippen LogP contribution is 2.33. The molecule has 2 heterocycles. The smallest absolute Gasteiger partial charge is 0.155 e. The number of pyridine rings is 1. The molecule has 4 rings (SSSR count). The van der Waals surface area contributed by atoms with E-state index in [4.69, 9.17) is 20.4 Å². The highest BCUT2D eigenvalue weighted by Gasteiger charge is 2.19. The average molecular weight is 643 g/mol. The lowest BCUT2D eigenvalue weighted by atomic mass is 10.1. The molecule has 0 bridgehead atoms. The molecule has 0 saturated carbocycles. The summed E-state index contributed by atoms with van der Waals surface area (Å²) >= 11 is 3.64. The Morgan fingerprint density at radius 2 is 1.69 bits per heavy atom. The molecule has 0 unspecified atom stereocenters. The first-order chi connectivity index (χ1) is 20.3. The third kappa shape index (κ3) is 10.6. The van der Waals surface area contributed by atoms with Gasteiger partial charge in [0.15, 0.2) is 5.82 Å². The normalized spacial score (nSPS) is 10.4. The maximum atomic E-state index is 5.88. The summed E-state index contributed by atoms with van der Waals surface area (Å²) in [6, 6.07) is 12.5. The number of ether oxygens (including phenoxy) is 1. The Hall–Kier alpha value is -2.64. The van der Waals surface area contributed by atoms with Crippen molar-refractivity contribution in [3.8, 4) is 5.75 Å². The predicted molar refractivity (Wildman–Crippen MR) is 188 cm³/mol. The van der Waals surface area contributed by atoms with Crippen LogP contribution in [0.5, 0.6) is 5.75 Å². The van der Waals surface area contributed by atoms with Gasteiger partial charge in [-0.3, -0.25) is 0 Å². The van der Waals surface area contributed by atoms with Crippen molar-refractivity contribution >= 4 is 43.7 Å². The van der Waals surface area contributed by atoms with Crippen LogP contribution in [0.4, 0.5) is 5.82 Å². The second-order valence-electron chi connectivity index (χ2n) is 10.2. The van der Waals surface area contributed by atoms with Gasteiger partial charge in [-0.05, 0) is 62.1 Å². The number of imidazole rings is 1. The highest BCUT2D eigenvalue weighted by atomic mass is 79.9. The van der Waals surface area contributed by atoms with Gasteiger partial charge < -0.3 is 20.4 Å². The molecule has 2 aromatic carbocycles. The summed E-state index contributed by atoms with van der Waals surface area (Å²) in [5.41, 5.74) is 11.1. The molecule has 0 radical (unpaired) electrons. The van der Waals surface area contributed by atoms with E-state index in [1.807, 2.05) is 33.8 Å². The van der Waals surface area contributed by atoms with Crippen LogP contribution in [-0.4, -0.2) is 28.2 Å². The van der Waals surface area contributed by atoms with E-state index in [0.29, 0.717) is 13.1 Å². The van der Waals surface area contributed by atoms with Crippen molar-refractivity contribution in [1.82, 2.24) is 14.5 Å². The Morgan fingerprint density at radius 1 is 1.00 bits per heavy atom. The topological polar surface area (TPSA) is 78.0 Å². The van der Waals surface area contributed by atoms with Crippen LogP contribution in [-0.2, 0) is 19.5 Å². The molecule has 0 aliphatic rings. The fourth-order valence-electron chi connectivity index (χ4n) is 4.22. The first-order valence-electron chi connectivity index (χ1n) is 15.9. The Balaban J connectivity index is 0.000000873. The summed E-state index contributed by atoms with van der Waals surface area (Å²) < 4.78 is 8.99. The number of unbranched alkanes of at least 4 members (excludes halogenated alkanes) is 1.